The van der Waals surface area contributed by atoms with Gasteiger partial charge in [0.15, 0.2) is 0 Å². The van der Waals surface area contributed by atoms with Crippen LogP contribution in [-0.4, -0.2) is 37.4 Å². The first-order chi connectivity index (χ1) is 19.2. The van der Waals surface area contributed by atoms with Crippen LogP contribution in [0.25, 0.3) is 0 Å². The molecule has 2 amide bonds. The van der Waals surface area contributed by atoms with E-state index in [0.29, 0.717) is 31.1 Å². The predicted octanol–water partition coefficient (Wildman–Crippen LogP) is 4.87. The van der Waals surface area contributed by atoms with E-state index in [2.05, 4.69) is 0 Å². The molecule has 7 heteroatoms. The minimum atomic E-state index is -0.731. The van der Waals surface area contributed by atoms with Crippen LogP contribution in [0.1, 0.15) is 17.5 Å². The number of ether oxygens (including phenoxy) is 4. The Balaban J connectivity index is 1.35. The van der Waals surface area contributed by atoms with Crippen LogP contribution in [0.2, 0.25) is 0 Å². The minimum Gasteiger partial charge on any atom is -0.466 e. The van der Waals surface area contributed by atoms with Crippen molar-refractivity contribution in [3.63, 3.8) is 0 Å². The highest BCUT2D eigenvalue weighted by atomic mass is 16.7. The summed E-state index contributed by atoms with van der Waals surface area (Å²) in [4.78, 5) is 28.8. The number of carbonyl (C=O) groups is 2. The average molecular weight is 526 g/mol. The van der Waals surface area contributed by atoms with Crippen molar-refractivity contribution in [3.8, 4) is 0 Å². The van der Waals surface area contributed by atoms with Crippen molar-refractivity contribution in [1.82, 2.24) is 0 Å². The van der Waals surface area contributed by atoms with Crippen LogP contribution in [-0.2, 0) is 41.8 Å². The van der Waals surface area contributed by atoms with Crippen LogP contribution in [0.5, 0.6) is 0 Å². The average Bonchev–Trinajstić information content (AvgIpc) is 3.25. The third kappa shape index (κ3) is 4.89. The predicted molar refractivity (Wildman–Crippen MR) is 144 cm³/mol. The van der Waals surface area contributed by atoms with Crippen molar-refractivity contribution in [2.45, 2.75) is 38.1 Å². The SMILES string of the molecule is CO[C@H]1OC2=CC[C@@H]3C(=O)N(c4ccccc4)C(=O)[C@@H]3[C@@H]2[C@H](OCc2ccccc2)[C@H]1OCc1ccccc1. The quantitative estimate of drug-likeness (QED) is 0.391. The Morgan fingerprint density at radius 1 is 0.744 bits per heavy atom. The van der Waals surface area contributed by atoms with Gasteiger partial charge in [-0.2, -0.15) is 0 Å². The molecule has 0 aromatic heterocycles. The van der Waals surface area contributed by atoms with E-state index in [9.17, 15) is 9.59 Å². The van der Waals surface area contributed by atoms with Crippen molar-refractivity contribution in [2.24, 2.45) is 17.8 Å². The largest absolute Gasteiger partial charge is 0.466 e. The molecule has 6 atom stereocenters. The number of carbonyl (C=O) groups excluding carboxylic acids is 2. The lowest BCUT2D eigenvalue weighted by atomic mass is 9.71. The number of fused-ring (bicyclic) bond motifs is 3. The molecule has 3 aliphatic rings. The summed E-state index contributed by atoms with van der Waals surface area (Å²) in [5.74, 6) is -1.42. The number of rotatable bonds is 8. The fourth-order valence-electron chi connectivity index (χ4n) is 5.93. The first-order valence-corrected chi connectivity index (χ1v) is 13.3. The topological polar surface area (TPSA) is 74.3 Å². The summed E-state index contributed by atoms with van der Waals surface area (Å²) in [5, 5.41) is 0. The van der Waals surface area contributed by atoms with Gasteiger partial charge in [-0.1, -0.05) is 78.9 Å². The van der Waals surface area contributed by atoms with Crippen LogP contribution in [0, 0.1) is 17.8 Å². The molecule has 0 N–H and O–H groups in total. The van der Waals surface area contributed by atoms with Crippen LogP contribution in [0.3, 0.4) is 0 Å². The summed E-state index contributed by atoms with van der Waals surface area (Å²) >= 11 is 0. The molecule has 2 saturated heterocycles. The molecule has 0 radical (unpaired) electrons. The summed E-state index contributed by atoms with van der Waals surface area (Å²) in [6, 6.07) is 28.8. The normalized spacial score (nSPS) is 27.9. The van der Waals surface area contributed by atoms with Gasteiger partial charge >= 0.3 is 0 Å². The van der Waals surface area contributed by atoms with E-state index in [1.165, 1.54) is 4.90 Å². The molecule has 0 spiro atoms. The van der Waals surface area contributed by atoms with E-state index < -0.39 is 36.3 Å². The number of benzene rings is 3. The molecule has 2 aliphatic heterocycles. The molecular weight excluding hydrogens is 494 g/mol. The van der Waals surface area contributed by atoms with E-state index in [0.717, 1.165) is 11.1 Å². The number of methoxy groups -OCH3 is 1. The van der Waals surface area contributed by atoms with E-state index in [-0.39, 0.29) is 11.8 Å². The zero-order chi connectivity index (χ0) is 26.8. The van der Waals surface area contributed by atoms with Crippen molar-refractivity contribution >= 4 is 17.5 Å². The van der Waals surface area contributed by atoms with Gasteiger partial charge in [-0.05, 0) is 35.8 Å². The number of para-hydroxylation sites is 1. The lowest BCUT2D eigenvalue weighted by Gasteiger charge is -2.46. The third-order valence-electron chi connectivity index (χ3n) is 7.78. The van der Waals surface area contributed by atoms with E-state index in [4.69, 9.17) is 18.9 Å². The van der Waals surface area contributed by atoms with Crippen molar-refractivity contribution < 1.29 is 28.5 Å². The standard InChI is InChI=1S/C32H31NO6/c1-36-32-29(38-20-22-13-7-3-8-14-22)28(37-19-21-11-5-2-6-12-21)27-25(39-32)18-17-24-26(27)31(35)33(30(24)34)23-15-9-4-10-16-23/h2-16,18,24,26-29,32H,17,19-20H2,1H3/t24-,26-,27+,28-,29+,32-/m0/s1. The Bertz CT molecular complexity index is 1330. The van der Waals surface area contributed by atoms with Gasteiger partial charge < -0.3 is 18.9 Å². The van der Waals surface area contributed by atoms with Gasteiger partial charge in [0.05, 0.1) is 36.7 Å². The smallest absolute Gasteiger partial charge is 0.238 e. The molecule has 3 aromatic rings. The highest BCUT2D eigenvalue weighted by Gasteiger charge is 2.60. The summed E-state index contributed by atoms with van der Waals surface area (Å²) in [7, 11) is 1.58. The molecule has 39 heavy (non-hydrogen) atoms. The van der Waals surface area contributed by atoms with Gasteiger partial charge in [0.25, 0.3) is 0 Å². The maximum Gasteiger partial charge on any atom is 0.238 e. The molecule has 1 aliphatic carbocycles. The van der Waals surface area contributed by atoms with E-state index >= 15 is 0 Å². The second kappa shape index (κ2) is 11.1. The number of anilines is 1. The molecule has 2 fully saturated rings. The maximum atomic E-state index is 14.0. The van der Waals surface area contributed by atoms with Gasteiger partial charge in [0.1, 0.15) is 18.0 Å². The summed E-state index contributed by atoms with van der Waals surface area (Å²) < 4.78 is 25.1. The fourth-order valence-corrected chi connectivity index (χ4v) is 5.93. The molecular formula is C32H31NO6. The monoisotopic (exact) mass is 525 g/mol. The number of allylic oxidation sites excluding steroid dienone is 1. The van der Waals surface area contributed by atoms with Crippen LogP contribution in [0.4, 0.5) is 5.69 Å². The number of hydrogen-bond donors (Lipinski definition) is 0. The van der Waals surface area contributed by atoms with Gasteiger partial charge in [0, 0.05) is 7.11 Å². The van der Waals surface area contributed by atoms with Gasteiger partial charge in [-0.15, -0.1) is 0 Å². The first-order valence-electron chi connectivity index (χ1n) is 13.3. The molecule has 3 aromatic carbocycles. The molecule has 0 saturated carbocycles. The lowest BCUT2D eigenvalue weighted by Crippen LogP contribution is -2.56. The van der Waals surface area contributed by atoms with Gasteiger partial charge in [-0.3, -0.25) is 14.5 Å². The number of imide groups is 1. The highest BCUT2D eigenvalue weighted by Crippen LogP contribution is 2.49. The van der Waals surface area contributed by atoms with Gasteiger partial charge in [0.2, 0.25) is 18.1 Å². The van der Waals surface area contributed by atoms with Crippen LogP contribution < -0.4 is 4.90 Å². The fraction of sp³-hybridized carbons (Fsp3) is 0.312. The summed E-state index contributed by atoms with van der Waals surface area (Å²) in [6.45, 7) is 0.641. The highest BCUT2D eigenvalue weighted by molar-refractivity contribution is 6.22. The zero-order valence-corrected chi connectivity index (χ0v) is 21.7. The number of nitrogens with zero attached hydrogens (tertiary/aromatic N) is 1. The summed E-state index contributed by atoms with van der Waals surface area (Å²) in [6.07, 6.45) is 0.393. The van der Waals surface area contributed by atoms with E-state index in [1.54, 1.807) is 19.2 Å². The Morgan fingerprint density at radius 2 is 1.31 bits per heavy atom. The van der Waals surface area contributed by atoms with Crippen LogP contribution >= 0.6 is 0 Å². The molecule has 200 valence electrons. The lowest BCUT2D eigenvalue weighted by molar-refractivity contribution is -0.260. The Hall–Kier alpha value is -3.78. The Kier molecular flexibility index (Phi) is 7.28. The van der Waals surface area contributed by atoms with Crippen molar-refractivity contribution in [1.29, 1.82) is 0 Å². The second-order valence-corrected chi connectivity index (χ2v) is 10.1. The molecule has 0 bridgehead atoms. The van der Waals surface area contributed by atoms with Crippen molar-refractivity contribution in [2.75, 3.05) is 12.0 Å². The Morgan fingerprint density at radius 3 is 1.90 bits per heavy atom. The zero-order valence-electron chi connectivity index (χ0n) is 21.7. The Labute approximate surface area is 227 Å². The second-order valence-electron chi connectivity index (χ2n) is 10.1. The number of hydrogen-bond acceptors (Lipinski definition) is 6. The molecule has 7 nitrogen and oxygen atoms in total. The molecule has 6 rings (SSSR count). The number of amides is 2. The van der Waals surface area contributed by atoms with Gasteiger partial charge in [-0.25, -0.2) is 0 Å². The van der Waals surface area contributed by atoms with E-state index in [1.807, 2.05) is 84.9 Å². The van der Waals surface area contributed by atoms with Crippen molar-refractivity contribution in [3.05, 3.63) is 114 Å². The molecule has 2 heterocycles. The summed E-state index contributed by atoms with van der Waals surface area (Å²) in [5.41, 5.74) is 2.57. The third-order valence-corrected chi connectivity index (χ3v) is 7.78. The minimum absolute atomic E-state index is 0.191. The maximum absolute atomic E-state index is 14.0. The first kappa shape index (κ1) is 25.5. The molecule has 0 unspecified atom stereocenters. The van der Waals surface area contributed by atoms with Crippen LogP contribution in [0.15, 0.2) is 103 Å².